The Morgan fingerprint density at radius 1 is 1.65 bits per heavy atom. The van der Waals surface area contributed by atoms with Crippen LogP contribution in [0.5, 0.6) is 0 Å². The van der Waals surface area contributed by atoms with E-state index >= 15 is 0 Å². The highest BCUT2D eigenvalue weighted by Gasteiger charge is 2.29. The minimum absolute atomic E-state index is 0.129. The third kappa shape index (κ3) is 3.03. The van der Waals surface area contributed by atoms with Gasteiger partial charge in [-0.15, -0.1) is 6.42 Å². The summed E-state index contributed by atoms with van der Waals surface area (Å²) in [5, 5.41) is 20.0. The molecule has 0 aromatic carbocycles. The molecule has 0 unspecified atom stereocenters. The van der Waals surface area contributed by atoms with E-state index in [1.54, 1.807) is 4.90 Å². The van der Waals surface area contributed by atoms with E-state index in [1.165, 1.54) is 0 Å². The number of aromatic carboxylic acids is 1. The van der Waals surface area contributed by atoms with Gasteiger partial charge in [-0.05, 0) is 18.8 Å². The van der Waals surface area contributed by atoms with Gasteiger partial charge in [0.25, 0.3) is 0 Å². The molecule has 20 heavy (non-hydrogen) atoms. The Hall–Kier alpha value is -2.62. The Balaban J connectivity index is 2.38. The van der Waals surface area contributed by atoms with Crippen LogP contribution in [0.3, 0.4) is 0 Å². The first-order valence-corrected chi connectivity index (χ1v) is 6.09. The van der Waals surface area contributed by atoms with Crippen molar-refractivity contribution >= 4 is 17.5 Å². The van der Waals surface area contributed by atoms with Gasteiger partial charge in [-0.1, -0.05) is 5.92 Å². The summed E-state index contributed by atoms with van der Waals surface area (Å²) < 4.78 is 0. The van der Waals surface area contributed by atoms with Gasteiger partial charge < -0.3 is 10.0 Å². The van der Waals surface area contributed by atoms with Crippen molar-refractivity contribution in [2.45, 2.75) is 12.8 Å². The Morgan fingerprint density at radius 3 is 2.85 bits per heavy atom. The lowest BCUT2D eigenvalue weighted by atomic mass is 10.2. The molecule has 0 bridgehead atoms. The molecule has 1 N–H and O–H groups in total. The number of carboxylic acid groups (broad SMARTS) is 1. The number of aromatic nitrogens is 1. The maximum atomic E-state index is 11.1. The van der Waals surface area contributed by atoms with Crippen LogP contribution in [-0.2, 0) is 0 Å². The van der Waals surface area contributed by atoms with Crippen molar-refractivity contribution in [2.75, 3.05) is 18.0 Å². The SMILES string of the molecule is C#CCN(CC1CC1)c1ncc(C(=O)O)cc1[N+](=O)[O-]. The van der Waals surface area contributed by atoms with Crippen LogP contribution < -0.4 is 4.90 Å². The van der Waals surface area contributed by atoms with Gasteiger partial charge in [0.05, 0.1) is 17.0 Å². The number of terminal acetylenes is 1. The number of rotatable bonds is 6. The minimum Gasteiger partial charge on any atom is -0.478 e. The summed E-state index contributed by atoms with van der Waals surface area (Å²) in [6.45, 7) is 0.807. The van der Waals surface area contributed by atoms with Crippen LogP contribution in [-0.4, -0.2) is 34.1 Å². The Kier molecular flexibility index (Phi) is 3.84. The second-order valence-corrected chi connectivity index (χ2v) is 4.66. The van der Waals surface area contributed by atoms with Crippen LogP contribution in [0.25, 0.3) is 0 Å². The number of carboxylic acids is 1. The number of pyridine rings is 1. The number of hydrogen-bond acceptors (Lipinski definition) is 5. The van der Waals surface area contributed by atoms with Crippen molar-refractivity contribution in [1.82, 2.24) is 4.98 Å². The van der Waals surface area contributed by atoms with Gasteiger partial charge in [0, 0.05) is 18.8 Å². The molecule has 1 fully saturated rings. The number of hydrogen-bond donors (Lipinski definition) is 1. The first-order valence-electron chi connectivity index (χ1n) is 6.09. The fraction of sp³-hybridized carbons (Fsp3) is 0.385. The average Bonchev–Trinajstić information content (AvgIpc) is 3.21. The van der Waals surface area contributed by atoms with Crippen molar-refractivity contribution in [3.63, 3.8) is 0 Å². The number of nitrogens with zero attached hydrogens (tertiary/aromatic N) is 3. The molecule has 0 spiro atoms. The molecule has 0 aliphatic heterocycles. The molecule has 1 aliphatic carbocycles. The van der Waals surface area contributed by atoms with E-state index in [2.05, 4.69) is 10.9 Å². The molecular formula is C13H13N3O4. The zero-order valence-electron chi connectivity index (χ0n) is 10.7. The topological polar surface area (TPSA) is 96.6 Å². The van der Waals surface area contributed by atoms with E-state index in [0.29, 0.717) is 12.5 Å². The zero-order chi connectivity index (χ0) is 14.7. The molecule has 2 rings (SSSR count). The van der Waals surface area contributed by atoms with Gasteiger partial charge in [0.2, 0.25) is 5.82 Å². The summed E-state index contributed by atoms with van der Waals surface area (Å²) in [7, 11) is 0. The lowest BCUT2D eigenvalue weighted by molar-refractivity contribution is -0.384. The van der Waals surface area contributed by atoms with Crippen molar-refractivity contribution < 1.29 is 14.8 Å². The fourth-order valence-electron chi connectivity index (χ4n) is 1.89. The van der Waals surface area contributed by atoms with E-state index in [4.69, 9.17) is 11.5 Å². The van der Waals surface area contributed by atoms with Gasteiger partial charge in [-0.25, -0.2) is 9.78 Å². The molecular weight excluding hydrogens is 262 g/mol. The lowest BCUT2D eigenvalue weighted by Gasteiger charge is -2.20. The third-order valence-corrected chi connectivity index (χ3v) is 3.05. The molecule has 0 saturated heterocycles. The molecule has 1 saturated carbocycles. The molecule has 1 aliphatic rings. The Morgan fingerprint density at radius 2 is 2.35 bits per heavy atom. The van der Waals surface area contributed by atoms with Gasteiger partial charge in [0.15, 0.2) is 0 Å². The predicted molar refractivity (Wildman–Crippen MR) is 71.6 cm³/mol. The quantitative estimate of drug-likeness (QED) is 0.480. The number of nitro groups is 1. The van der Waals surface area contributed by atoms with Crippen LogP contribution in [0.1, 0.15) is 23.2 Å². The molecule has 1 aromatic rings. The zero-order valence-corrected chi connectivity index (χ0v) is 10.7. The van der Waals surface area contributed by atoms with Gasteiger partial charge in [-0.3, -0.25) is 10.1 Å². The summed E-state index contributed by atoms with van der Waals surface area (Å²) in [4.78, 5) is 26.9. The van der Waals surface area contributed by atoms with Gasteiger partial charge in [-0.2, -0.15) is 0 Å². The average molecular weight is 275 g/mol. The molecule has 0 radical (unpaired) electrons. The second kappa shape index (κ2) is 5.57. The third-order valence-electron chi connectivity index (χ3n) is 3.05. The van der Waals surface area contributed by atoms with Crippen molar-refractivity contribution in [3.05, 3.63) is 27.9 Å². The summed E-state index contributed by atoms with van der Waals surface area (Å²) >= 11 is 0. The molecule has 1 heterocycles. The molecule has 7 nitrogen and oxygen atoms in total. The van der Waals surface area contributed by atoms with E-state index in [1.807, 2.05) is 0 Å². The number of anilines is 1. The smallest absolute Gasteiger partial charge is 0.337 e. The molecule has 104 valence electrons. The van der Waals surface area contributed by atoms with E-state index in [9.17, 15) is 14.9 Å². The van der Waals surface area contributed by atoms with Crippen LogP contribution in [0.15, 0.2) is 12.3 Å². The van der Waals surface area contributed by atoms with E-state index in [0.717, 1.165) is 25.1 Å². The lowest BCUT2D eigenvalue weighted by Crippen LogP contribution is -2.28. The van der Waals surface area contributed by atoms with E-state index < -0.39 is 10.9 Å². The Bertz CT molecular complexity index is 590. The first kappa shape index (κ1) is 13.8. The summed E-state index contributed by atoms with van der Waals surface area (Å²) in [6, 6.07) is 1.01. The van der Waals surface area contributed by atoms with Crippen LogP contribution in [0.4, 0.5) is 11.5 Å². The standard InChI is InChI=1S/C13H13N3O4/c1-2-5-15(8-9-3-4-9)12-11(16(19)20)6-10(7-14-12)13(17)18/h1,6-7,9H,3-5,8H2,(H,17,18). The van der Waals surface area contributed by atoms with Crippen molar-refractivity contribution in [3.8, 4) is 12.3 Å². The largest absolute Gasteiger partial charge is 0.478 e. The summed E-state index contributed by atoms with van der Waals surface area (Å²) in [5.41, 5.74) is -0.548. The maximum absolute atomic E-state index is 11.1. The summed E-state index contributed by atoms with van der Waals surface area (Å²) in [5.74, 6) is 1.80. The normalized spacial score (nSPS) is 13.6. The highest BCUT2D eigenvalue weighted by Crippen LogP contribution is 2.33. The van der Waals surface area contributed by atoms with Crippen LogP contribution >= 0.6 is 0 Å². The van der Waals surface area contributed by atoms with Crippen LogP contribution in [0, 0.1) is 28.4 Å². The van der Waals surface area contributed by atoms with Gasteiger partial charge in [0.1, 0.15) is 0 Å². The Labute approximate surface area is 115 Å². The fourth-order valence-corrected chi connectivity index (χ4v) is 1.89. The number of carbonyl (C=O) groups is 1. The van der Waals surface area contributed by atoms with Gasteiger partial charge >= 0.3 is 11.7 Å². The minimum atomic E-state index is -1.25. The maximum Gasteiger partial charge on any atom is 0.337 e. The second-order valence-electron chi connectivity index (χ2n) is 4.66. The first-order chi connectivity index (χ1) is 9.52. The molecule has 0 atom stereocenters. The van der Waals surface area contributed by atoms with Crippen molar-refractivity contribution in [2.24, 2.45) is 5.92 Å². The van der Waals surface area contributed by atoms with E-state index in [-0.39, 0.29) is 23.6 Å². The highest BCUT2D eigenvalue weighted by atomic mass is 16.6. The monoisotopic (exact) mass is 275 g/mol. The molecule has 7 heteroatoms. The molecule has 1 aromatic heterocycles. The van der Waals surface area contributed by atoms with Crippen molar-refractivity contribution in [1.29, 1.82) is 0 Å². The van der Waals surface area contributed by atoms with Crippen LogP contribution in [0.2, 0.25) is 0 Å². The summed E-state index contributed by atoms with van der Waals surface area (Å²) in [6.07, 6.45) is 8.54. The molecule has 0 amide bonds. The predicted octanol–water partition coefficient (Wildman–Crippen LogP) is 1.54. The highest BCUT2D eigenvalue weighted by molar-refractivity contribution is 5.88.